The molecule has 0 unspecified atom stereocenters. The minimum Gasteiger partial charge on any atom is -0.465 e. The van der Waals surface area contributed by atoms with Gasteiger partial charge in [0.15, 0.2) is 9.84 Å². The van der Waals surface area contributed by atoms with Crippen LogP contribution in [0.15, 0.2) is 84.8 Å². The predicted molar refractivity (Wildman–Crippen MR) is 137 cm³/mol. The van der Waals surface area contributed by atoms with Crippen LogP contribution in [0.25, 0.3) is 0 Å². The van der Waals surface area contributed by atoms with Crippen LogP contribution >= 0.6 is 0 Å². The summed E-state index contributed by atoms with van der Waals surface area (Å²) in [6, 6.07) is 12.2. The number of hydrogen-bond donors (Lipinski definition) is 4. The number of aliphatic hydroxyl groups is 1. The number of anilines is 2. The molecule has 0 fully saturated rings. The average Bonchev–Trinajstić information content (AvgIpc) is 2.87. The molecule has 0 amide bonds. The van der Waals surface area contributed by atoms with Gasteiger partial charge in [0, 0.05) is 0 Å². The minimum atomic E-state index is -4.88. The van der Waals surface area contributed by atoms with E-state index < -0.39 is 48.9 Å². The topological polar surface area (TPSA) is 237 Å². The lowest BCUT2D eigenvalue weighted by Gasteiger charge is -2.10. The number of esters is 1. The number of sulfone groups is 1. The fourth-order valence-electron chi connectivity index (χ4n) is 3.10. The summed E-state index contributed by atoms with van der Waals surface area (Å²) in [4.78, 5) is 11.1. The predicted octanol–water partition coefficient (Wildman–Crippen LogP) is 3.48. The molecule has 0 saturated heterocycles. The molecule has 3 aromatic rings. The molecule has 0 radical (unpaired) electrons. The summed E-state index contributed by atoms with van der Waals surface area (Å²) in [7, 11) is -7.48. The number of rotatable bonds is 9. The quantitative estimate of drug-likeness (QED) is 0.128. The van der Waals surface area contributed by atoms with Gasteiger partial charge < -0.3 is 21.3 Å². The van der Waals surface area contributed by atoms with Gasteiger partial charge in [0.1, 0.15) is 22.0 Å². The van der Waals surface area contributed by atoms with Crippen LogP contribution in [0.4, 0.5) is 34.1 Å². The van der Waals surface area contributed by atoms with E-state index in [1.807, 2.05) is 0 Å². The molecule has 0 saturated carbocycles. The molecule has 6 N–H and O–H groups in total. The smallest absolute Gasteiger partial charge is 0.340 e. The minimum absolute atomic E-state index is 0.0535. The lowest BCUT2D eigenvalue weighted by Crippen LogP contribution is -2.09. The van der Waals surface area contributed by atoms with Crippen LogP contribution in [-0.2, 0) is 24.7 Å². The number of ether oxygens (including phenoxy) is 1. The van der Waals surface area contributed by atoms with Gasteiger partial charge in [-0.15, -0.1) is 15.3 Å². The molecule has 0 aliphatic rings. The van der Waals surface area contributed by atoms with E-state index in [0.29, 0.717) is 0 Å². The van der Waals surface area contributed by atoms with E-state index in [0.717, 1.165) is 6.07 Å². The normalized spacial score (nSPS) is 12.3. The van der Waals surface area contributed by atoms with E-state index in [-0.39, 0.29) is 38.9 Å². The fraction of sp³-hybridized carbons (Fsp3) is 0.136. The summed E-state index contributed by atoms with van der Waals surface area (Å²) in [5.41, 5.74) is 10.7. The molecule has 0 aromatic heterocycles. The maximum Gasteiger partial charge on any atom is 0.340 e. The van der Waals surface area contributed by atoms with E-state index >= 15 is 0 Å². The number of azo groups is 2. The Balaban J connectivity index is 2.12. The summed E-state index contributed by atoms with van der Waals surface area (Å²) in [6.07, 6.45) is 0. The first kappa shape index (κ1) is 28.3. The summed E-state index contributed by atoms with van der Waals surface area (Å²) >= 11 is 0. The van der Waals surface area contributed by atoms with Crippen LogP contribution < -0.4 is 11.5 Å². The second-order valence-corrected chi connectivity index (χ2v) is 11.0. The fourth-order valence-corrected chi connectivity index (χ4v) is 4.80. The van der Waals surface area contributed by atoms with Gasteiger partial charge >= 0.3 is 5.97 Å². The van der Waals surface area contributed by atoms with Gasteiger partial charge in [-0.2, -0.15) is 13.5 Å². The van der Waals surface area contributed by atoms with E-state index in [1.165, 1.54) is 43.5 Å². The Morgan fingerprint density at radius 3 is 2.24 bits per heavy atom. The number of hydrogen-bond acceptors (Lipinski definition) is 13. The highest BCUT2D eigenvalue weighted by Crippen LogP contribution is 2.43. The first-order valence-corrected chi connectivity index (χ1v) is 13.6. The molecule has 0 atom stereocenters. The van der Waals surface area contributed by atoms with Crippen molar-refractivity contribution in [3.63, 3.8) is 0 Å². The molecule has 3 rings (SSSR count). The van der Waals surface area contributed by atoms with Crippen LogP contribution in [0.3, 0.4) is 0 Å². The highest BCUT2D eigenvalue weighted by Gasteiger charge is 2.23. The second-order valence-electron chi connectivity index (χ2n) is 7.49. The maximum atomic E-state index is 12.2. The van der Waals surface area contributed by atoms with E-state index in [2.05, 4.69) is 20.5 Å². The molecule has 0 aliphatic carbocycles. The van der Waals surface area contributed by atoms with Crippen LogP contribution in [-0.4, -0.2) is 51.9 Å². The molecule has 0 bridgehead atoms. The van der Waals surface area contributed by atoms with Gasteiger partial charge in [-0.3, -0.25) is 4.55 Å². The van der Waals surface area contributed by atoms with Crippen molar-refractivity contribution in [2.24, 2.45) is 20.5 Å². The number of benzene rings is 3. The highest BCUT2D eigenvalue weighted by atomic mass is 32.2. The number of nitrogens with two attached hydrogens (primary N) is 2. The van der Waals surface area contributed by atoms with Crippen molar-refractivity contribution < 1.29 is 36.0 Å². The van der Waals surface area contributed by atoms with Crippen molar-refractivity contribution in [2.75, 3.05) is 30.9 Å². The number of aliphatic hydroxyl groups excluding tert-OH is 1. The van der Waals surface area contributed by atoms with Crippen molar-refractivity contribution in [3.8, 4) is 0 Å². The molecule has 200 valence electrons. The third kappa shape index (κ3) is 6.35. The molecule has 0 heterocycles. The number of carbonyl (C=O) groups is 1. The second kappa shape index (κ2) is 11.4. The lowest BCUT2D eigenvalue weighted by molar-refractivity contribution is 0.0601. The van der Waals surface area contributed by atoms with Crippen molar-refractivity contribution >= 4 is 60.0 Å². The Labute approximate surface area is 217 Å². The summed E-state index contributed by atoms with van der Waals surface area (Å²) in [6.45, 7) is -0.574. The lowest BCUT2D eigenvalue weighted by atomic mass is 10.2. The molecule has 0 aliphatic heterocycles. The Hall–Kier alpha value is -4.25. The summed E-state index contributed by atoms with van der Waals surface area (Å²) < 4.78 is 62.7. The SMILES string of the molecule is COC(=O)c1ccccc1N=Nc1c(N)c(N=Nc2cccc(S(=O)(=O)CCO)c2)cc(S(=O)(=O)O)c1N. The van der Waals surface area contributed by atoms with E-state index in [4.69, 9.17) is 21.3 Å². The van der Waals surface area contributed by atoms with Crippen LogP contribution in [0.2, 0.25) is 0 Å². The van der Waals surface area contributed by atoms with Gasteiger partial charge in [-0.05, 0) is 36.4 Å². The van der Waals surface area contributed by atoms with Gasteiger partial charge in [-0.1, -0.05) is 18.2 Å². The molecule has 14 nitrogen and oxygen atoms in total. The molecular formula is C22H22N6O8S2. The summed E-state index contributed by atoms with van der Waals surface area (Å²) in [5.74, 6) is -1.20. The first-order valence-electron chi connectivity index (χ1n) is 10.5. The largest absolute Gasteiger partial charge is 0.465 e. The third-order valence-electron chi connectivity index (χ3n) is 4.97. The molecule has 38 heavy (non-hydrogen) atoms. The monoisotopic (exact) mass is 562 g/mol. The number of carbonyl (C=O) groups excluding carboxylic acids is 1. The summed E-state index contributed by atoms with van der Waals surface area (Å²) in [5, 5.41) is 24.6. The van der Waals surface area contributed by atoms with E-state index in [9.17, 15) is 26.2 Å². The zero-order valence-corrected chi connectivity index (χ0v) is 21.3. The van der Waals surface area contributed by atoms with Gasteiger partial charge in [0.25, 0.3) is 10.1 Å². The third-order valence-corrected chi connectivity index (χ3v) is 7.56. The van der Waals surface area contributed by atoms with Gasteiger partial charge in [0.05, 0.1) is 47.0 Å². The number of nitrogen functional groups attached to an aromatic ring is 2. The van der Waals surface area contributed by atoms with E-state index in [1.54, 1.807) is 12.1 Å². The standard InChI is InChI=1S/C22H22N6O8S2/c1-36-22(30)15-7-2-3-8-16(15)26-28-21-19(23)17(12-18(20(21)24)38(33,34)35)27-25-13-5-4-6-14(11-13)37(31,32)10-9-29/h2-8,11-12,29H,9-10,23-24H2,1H3,(H,33,34,35). The first-order chi connectivity index (χ1) is 17.9. The van der Waals surface area contributed by atoms with Gasteiger partial charge in [0.2, 0.25) is 0 Å². The van der Waals surface area contributed by atoms with Crippen LogP contribution in [0.1, 0.15) is 10.4 Å². The Morgan fingerprint density at radius 1 is 0.895 bits per heavy atom. The van der Waals surface area contributed by atoms with Gasteiger partial charge in [-0.25, -0.2) is 13.2 Å². The number of methoxy groups -OCH3 is 1. The van der Waals surface area contributed by atoms with Crippen molar-refractivity contribution in [2.45, 2.75) is 9.79 Å². The Bertz CT molecular complexity index is 1650. The number of nitrogens with zero attached hydrogens (tertiary/aromatic N) is 4. The van der Waals surface area contributed by atoms with Crippen molar-refractivity contribution in [1.82, 2.24) is 0 Å². The van der Waals surface area contributed by atoms with Crippen molar-refractivity contribution in [1.29, 1.82) is 0 Å². The van der Waals surface area contributed by atoms with Crippen molar-refractivity contribution in [3.05, 3.63) is 60.2 Å². The Morgan fingerprint density at radius 2 is 1.58 bits per heavy atom. The molecule has 3 aromatic carbocycles. The zero-order chi connectivity index (χ0) is 28.1. The van der Waals surface area contributed by atoms with Crippen LogP contribution in [0.5, 0.6) is 0 Å². The molecule has 0 spiro atoms. The highest BCUT2D eigenvalue weighted by molar-refractivity contribution is 7.91. The zero-order valence-electron chi connectivity index (χ0n) is 19.7. The molecular weight excluding hydrogens is 540 g/mol. The average molecular weight is 563 g/mol. The van der Waals surface area contributed by atoms with Crippen LogP contribution in [0, 0.1) is 0 Å². The maximum absolute atomic E-state index is 12.2. The Kier molecular flexibility index (Phi) is 8.52. The molecule has 16 heteroatoms.